The molecule has 0 amide bonds. The molecule has 0 radical (unpaired) electrons. The SMILES string of the molecule is CCCCCCCCC=CCCCCCCCC(CC(O)O)OC(=O)CN. The molecule has 0 heterocycles. The van der Waals surface area contributed by atoms with Crippen LogP contribution in [0.2, 0.25) is 0 Å². The third-order valence-electron chi connectivity index (χ3n) is 4.73. The number of allylic oxidation sites excluding steroid dienone is 2. The van der Waals surface area contributed by atoms with Gasteiger partial charge in [0.15, 0.2) is 6.29 Å². The molecule has 27 heavy (non-hydrogen) atoms. The first kappa shape index (κ1) is 26.1. The van der Waals surface area contributed by atoms with Crippen LogP contribution >= 0.6 is 0 Å². The maximum absolute atomic E-state index is 11.2. The third-order valence-corrected chi connectivity index (χ3v) is 4.73. The summed E-state index contributed by atoms with van der Waals surface area (Å²) in [6.07, 6.45) is 19.5. The highest BCUT2D eigenvalue weighted by Crippen LogP contribution is 2.14. The predicted molar refractivity (Wildman–Crippen MR) is 111 cm³/mol. The summed E-state index contributed by atoms with van der Waals surface area (Å²) in [5, 5.41) is 18.1. The molecule has 0 fully saturated rings. The third kappa shape index (κ3) is 19.7. The minimum Gasteiger partial charge on any atom is -0.461 e. The Morgan fingerprint density at radius 2 is 1.41 bits per heavy atom. The molecule has 5 nitrogen and oxygen atoms in total. The molecule has 0 aliphatic carbocycles. The van der Waals surface area contributed by atoms with Gasteiger partial charge in [-0.15, -0.1) is 0 Å². The predicted octanol–water partition coefficient (Wildman–Crippen LogP) is 4.60. The lowest BCUT2D eigenvalue weighted by Gasteiger charge is -2.18. The molecule has 0 aromatic heterocycles. The van der Waals surface area contributed by atoms with Crippen molar-refractivity contribution in [2.75, 3.05) is 6.54 Å². The van der Waals surface area contributed by atoms with Crippen LogP contribution in [0.4, 0.5) is 0 Å². The van der Waals surface area contributed by atoms with Gasteiger partial charge in [0, 0.05) is 6.42 Å². The zero-order chi connectivity index (χ0) is 20.2. The van der Waals surface area contributed by atoms with Crippen molar-refractivity contribution in [3.8, 4) is 0 Å². The molecule has 4 N–H and O–H groups in total. The summed E-state index contributed by atoms with van der Waals surface area (Å²) in [5.74, 6) is -0.492. The Balaban J connectivity index is 3.50. The van der Waals surface area contributed by atoms with E-state index in [9.17, 15) is 4.79 Å². The summed E-state index contributed by atoms with van der Waals surface area (Å²) in [6, 6.07) is 0. The molecule has 0 bridgehead atoms. The van der Waals surface area contributed by atoms with Crippen molar-refractivity contribution in [2.24, 2.45) is 5.73 Å². The lowest BCUT2D eigenvalue weighted by Crippen LogP contribution is -2.27. The number of aliphatic hydroxyl groups excluding tert-OH is 1. The van der Waals surface area contributed by atoms with E-state index in [1.807, 2.05) is 0 Å². The molecule has 5 heteroatoms. The van der Waals surface area contributed by atoms with Crippen molar-refractivity contribution >= 4 is 5.97 Å². The van der Waals surface area contributed by atoms with Crippen LogP contribution in [0.15, 0.2) is 12.2 Å². The van der Waals surface area contributed by atoms with Crippen LogP contribution in [0.1, 0.15) is 103 Å². The largest absolute Gasteiger partial charge is 0.461 e. The van der Waals surface area contributed by atoms with Gasteiger partial charge in [-0.2, -0.15) is 0 Å². The summed E-state index contributed by atoms with van der Waals surface area (Å²) in [7, 11) is 0. The Bertz CT molecular complexity index is 358. The van der Waals surface area contributed by atoms with Gasteiger partial charge in [-0.1, -0.05) is 70.4 Å². The summed E-state index contributed by atoms with van der Waals surface area (Å²) >= 11 is 0. The molecule has 0 aromatic rings. The van der Waals surface area contributed by atoms with Gasteiger partial charge in [0.2, 0.25) is 0 Å². The number of esters is 1. The first-order valence-electron chi connectivity index (χ1n) is 11.0. The molecule has 0 saturated carbocycles. The molecule has 0 aliphatic rings. The second-order valence-corrected chi connectivity index (χ2v) is 7.41. The lowest BCUT2D eigenvalue weighted by atomic mass is 10.0. The van der Waals surface area contributed by atoms with Crippen molar-refractivity contribution in [3.63, 3.8) is 0 Å². The molecule has 0 rings (SSSR count). The fraction of sp³-hybridized carbons (Fsp3) is 0.864. The first-order valence-corrected chi connectivity index (χ1v) is 11.0. The van der Waals surface area contributed by atoms with Crippen molar-refractivity contribution in [1.82, 2.24) is 0 Å². The quantitative estimate of drug-likeness (QED) is 0.131. The molecule has 0 aliphatic heterocycles. The van der Waals surface area contributed by atoms with Gasteiger partial charge in [-0.05, 0) is 38.5 Å². The number of hydrogen-bond donors (Lipinski definition) is 3. The van der Waals surface area contributed by atoms with Crippen LogP contribution in [0.25, 0.3) is 0 Å². The molecule has 160 valence electrons. The minimum absolute atomic E-state index is 0.0507. The lowest BCUT2D eigenvalue weighted by molar-refractivity contribution is -0.152. The summed E-state index contributed by atoms with van der Waals surface area (Å²) in [4.78, 5) is 11.2. The second kappa shape index (κ2) is 19.8. The minimum atomic E-state index is -1.45. The van der Waals surface area contributed by atoms with E-state index in [0.717, 1.165) is 25.7 Å². The zero-order valence-corrected chi connectivity index (χ0v) is 17.4. The first-order chi connectivity index (χ1) is 13.1. The average Bonchev–Trinajstić information content (AvgIpc) is 2.64. The number of nitrogens with two attached hydrogens (primary N) is 1. The van der Waals surface area contributed by atoms with E-state index in [1.54, 1.807) is 0 Å². The summed E-state index contributed by atoms with van der Waals surface area (Å²) in [5.41, 5.74) is 5.23. The van der Waals surface area contributed by atoms with Crippen LogP contribution in [-0.2, 0) is 9.53 Å². The normalized spacial score (nSPS) is 12.8. The molecule has 0 spiro atoms. The van der Waals surface area contributed by atoms with Gasteiger partial charge < -0.3 is 20.7 Å². The van der Waals surface area contributed by atoms with Gasteiger partial charge in [-0.25, -0.2) is 0 Å². The Morgan fingerprint density at radius 1 is 0.889 bits per heavy atom. The highest BCUT2D eigenvalue weighted by molar-refractivity contribution is 5.71. The fourth-order valence-electron chi connectivity index (χ4n) is 3.14. The van der Waals surface area contributed by atoms with Gasteiger partial charge in [0.25, 0.3) is 0 Å². The maximum Gasteiger partial charge on any atom is 0.319 e. The molecule has 0 saturated heterocycles. The fourth-order valence-corrected chi connectivity index (χ4v) is 3.14. The molecule has 1 atom stereocenters. The number of rotatable bonds is 19. The Morgan fingerprint density at radius 3 is 1.93 bits per heavy atom. The van der Waals surface area contributed by atoms with Crippen LogP contribution in [0, 0.1) is 0 Å². The van der Waals surface area contributed by atoms with E-state index < -0.39 is 18.4 Å². The molecular weight excluding hydrogens is 342 g/mol. The van der Waals surface area contributed by atoms with E-state index >= 15 is 0 Å². The standard InChI is InChI=1S/C22H43NO4/c1-2-3-4-5-6-7-8-9-10-11-12-13-14-15-16-17-20(18-21(24)25)27-22(26)19-23/h9-10,20-21,24-25H,2-8,11-19,23H2,1H3. The Kier molecular flexibility index (Phi) is 19.2. The van der Waals surface area contributed by atoms with Crippen molar-refractivity contribution in [2.45, 2.75) is 116 Å². The van der Waals surface area contributed by atoms with Gasteiger partial charge in [-0.3, -0.25) is 4.79 Å². The number of aliphatic hydroxyl groups is 2. The smallest absolute Gasteiger partial charge is 0.319 e. The van der Waals surface area contributed by atoms with E-state index in [1.165, 1.54) is 57.8 Å². The Hall–Kier alpha value is -0.910. The van der Waals surface area contributed by atoms with Crippen molar-refractivity contribution in [3.05, 3.63) is 12.2 Å². The van der Waals surface area contributed by atoms with E-state index in [2.05, 4.69) is 19.1 Å². The second-order valence-electron chi connectivity index (χ2n) is 7.41. The topological polar surface area (TPSA) is 92.8 Å². The number of carbonyl (C=O) groups is 1. The van der Waals surface area contributed by atoms with Gasteiger partial charge in [0.05, 0.1) is 6.54 Å². The van der Waals surface area contributed by atoms with E-state index in [0.29, 0.717) is 6.42 Å². The zero-order valence-electron chi connectivity index (χ0n) is 17.4. The average molecular weight is 386 g/mol. The van der Waals surface area contributed by atoms with Crippen LogP contribution < -0.4 is 5.73 Å². The van der Waals surface area contributed by atoms with E-state index in [-0.39, 0.29) is 13.0 Å². The summed E-state index contributed by atoms with van der Waals surface area (Å²) < 4.78 is 5.14. The maximum atomic E-state index is 11.2. The molecular formula is C22H43NO4. The monoisotopic (exact) mass is 385 g/mol. The highest BCUT2D eigenvalue weighted by Gasteiger charge is 2.16. The molecule has 1 unspecified atom stereocenters. The van der Waals surface area contributed by atoms with Crippen molar-refractivity contribution < 1.29 is 19.7 Å². The van der Waals surface area contributed by atoms with E-state index in [4.69, 9.17) is 20.7 Å². The number of carbonyl (C=O) groups excluding carboxylic acids is 1. The number of unbranched alkanes of at least 4 members (excludes halogenated alkanes) is 11. The molecule has 0 aromatic carbocycles. The van der Waals surface area contributed by atoms with Gasteiger partial charge >= 0.3 is 5.97 Å². The van der Waals surface area contributed by atoms with Crippen LogP contribution in [0.3, 0.4) is 0 Å². The number of hydrogen-bond acceptors (Lipinski definition) is 5. The summed E-state index contributed by atoms with van der Waals surface area (Å²) in [6.45, 7) is 2.08. The van der Waals surface area contributed by atoms with Gasteiger partial charge in [0.1, 0.15) is 6.10 Å². The number of ether oxygens (including phenoxy) is 1. The van der Waals surface area contributed by atoms with Crippen LogP contribution in [0.5, 0.6) is 0 Å². The highest BCUT2D eigenvalue weighted by atomic mass is 16.5. The van der Waals surface area contributed by atoms with Crippen molar-refractivity contribution in [1.29, 1.82) is 0 Å². The Labute approximate surface area is 166 Å². The van der Waals surface area contributed by atoms with Crippen LogP contribution in [-0.4, -0.2) is 35.1 Å².